The molecular formula is C14H14N4O2. The first-order valence-electron chi connectivity index (χ1n) is 5.92. The number of hydrogen-bond acceptors (Lipinski definition) is 4. The van der Waals surface area contributed by atoms with Crippen LogP contribution in [0.4, 0.5) is 5.69 Å². The molecule has 0 unspecified atom stereocenters. The van der Waals surface area contributed by atoms with E-state index in [1.54, 1.807) is 42.6 Å². The van der Waals surface area contributed by atoms with Crippen molar-refractivity contribution in [2.45, 2.75) is 6.92 Å². The number of aryl methyl sites for hydroxylation is 1. The van der Waals surface area contributed by atoms with Gasteiger partial charge in [-0.1, -0.05) is 17.3 Å². The summed E-state index contributed by atoms with van der Waals surface area (Å²) in [7, 11) is 0. The summed E-state index contributed by atoms with van der Waals surface area (Å²) in [6, 6.07) is 10.1. The minimum absolute atomic E-state index is 0.0131. The molecule has 20 heavy (non-hydrogen) atoms. The van der Waals surface area contributed by atoms with E-state index in [0.717, 1.165) is 5.69 Å². The lowest BCUT2D eigenvalue weighted by Crippen LogP contribution is -2.15. The number of hydrogen-bond donors (Lipinski definition) is 3. The zero-order chi connectivity index (χ0) is 14.5. The normalized spacial score (nSPS) is 11.2. The second-order valence-corrected chi connectivity index (χ2v) is 4.21. The monoisotopic (exact) mass is 270 g/mol. The minimum Gasteiger partial charge on any atom is -0.409 e. The predicted molar refractivity (Wildman–Crippen MR) is 75.9 cm³/mol. The van der Waals surface area contributed by atoms with Gasteiger partial charge in [-0.3, -0.25) is 9.78 Å². The second-order valence-electron chi connectivity index (χ2n) is 4.21. The first-order valence-corrected chi connectivity index (χ1v) is 5.92. The number of nitrogens with zero attached hydrogens (tertiary/aromatic N) is 2. The van der Waals surface area contributed by atoms with Gasteiger partial charge in [-0.05, 0) is 31.2 Å². The van der Waals surface area contributed by atoms with Crippen molar-refractivity contribution in [1.29, 1.82) is 0 Å². The van der Waals surface area contributed by atoms with E-state index in [2.05, 4.69) is 15.5 Å². The third-order valence-electron chi connectivity index (χ3n) is 2.68. The molecule has 2 rings (SSSR count). The number of aromatic nitrogens is 1. The average molecular weight is 270 g/mol. The predicted octanol–water partition coefficient (Wildman–Crippen LogP) is 1.74. The van der Waals surface area contributed by atoms with Crippen LogP contribution in [0, 0.1) is 6.92 Å². The fraction of sp³-hybridized carbons (Fsp3) is 0.0714. The summed E-state index contributed by atoms with van der Waals surface area (Å²) in [5.41, 5.74) is 7.88. The molecule has 6 nitrogen and oxygen atoms in total. The van der Waals surface area contributed by atoms with Gasteiger partial charge >= 0.3 is 0 Å². The molecule has 0 saturated carbocycles. The Bertz CT molecular complexity index is 668. The number of nitrogens with two attached hydrogens (primary N) is 1. The molecule has 0 bridgehead atoms. The molecule has 0 spiro atoms. The van der Waals surface area contributed by atoms with Crippen LogP contribution >= 0.6 is 0 Å². The number of benzene rings is 1. The van der Waals surface area contributed by atoms with E-state index >= 15 is 0 Å². The molecule has 0 saturated heterocycles. The number of nitrogens with one attached hydrogen (secondary N) is 1. The Labute approximate surface area is 115 Å². The van der Waals surface area contributed by atoms with Crippen molar-refractivity contribution < 1.29 is 10.0 Å². The van der Waals surface area contributed by atoms with Crippen LogP contribution in [0.1, 0.15) is 21.6 Å². The topological polar surface area (TPSA) is 101 Å². The summed E-state index contributed by atoms with van der Waals surface area (Å²) < 4.78 is 0. The van der Waals surface area contributed by atoms with Crippen LogP contribution in [0.25, 0.3) is 0 Å². The zero-order valence-electron chi connectivity index (χ0n) is 10.9. The van der Waals surface area contributed by atoms with Gasteiger partial charge in [0.15, 0.2) is 5.84 Å². The first kappa shape index (κ1) is 13.5. The molecule has 1 heterocycles. The van der Waals surface area contributed by atoms with Crippen molar-refractivity contribution in [2.75, 3.05) is 5.32 Å². The lowest BCUT2D eigenvalue weighted by Gasteiger charge is -2.07. The average Bonchev–Trinajstić information content (AvgIpc) is 2.46. The Morgan fingerprint density at radius 2 is 2.10 bits per heavy atom. The van der Waals surface area contributed by atoms with Gasteiger partial charge in [0.25, 0.3) is 5.91 Å². The van der Waals surface area contributed by atoms with E-state index in [0.29, 0.717) is 16.8 Å². The highest BCUT2D eigenvalue weighted by Gasteiger charge is 2.07. The molecular weight excluding hydrogens is 256 g/mol. The van der Waals surface area contributed by atoms with Crippen molar-refractivity contribution in [3.05, 3.63) is 59.4 Å². The lowest BCUT2D eigenvalue weighted by molar-refractivity contribution is 0.102. The molecule has 6 heteroatoms. The maximum atomic E-state index is 12.1. The number of amides is 1. The van der Waals surface area contributed by atoms with Crippen LogP contribution < -0.4 is 11.1 Å². The highest BCUT2D eigenvalue weighted by Crippen LogP contribution is 2.12. The van der Waals surface area contributed by atoms with Gasteiger partial charge in [0.2, 0.25) is 0 Å². The minimum atomic E-state index is -0.243. The summed E-state index contributed by atoms with van der Waals surface area (Å²) in [4.78, 5) is 16.1. The van der Waals surface area contributed by atoms with E-state index in [1.807, 2.05) is 6.92 Å². The van der Waals surface area contributed by atoms with E-state index < -0.39 is 0 Å². The van der Waals surface area contributed by atoms with Crippen LogP contribution in [0.3, 0.4) is 0 Å². The number of carbonyl (C=O) groups is 1. The lowest BCUT2D eigenvalue weighted by atomic mass is 10.1. The standard InChI is InChI=1S/C14H14N4O2/c1-9-7-11(5-6-16-9)14(19)17-12-4-2-3-10(8-12)13(15)18-20/h2-8,20H,1H3,(H2,15,18)(H,17,19). The maximum Gasteiger partial charge on any atom is 0.255 e. The molecule has 0 radical (unpaired) electrons. The summed E-state index contributed by atoms with van der Waals surface area (Å²) in [5.74, 6) is -0.256. The van der Waals surface area contributed by atoms with Gasteiger partial charge in [0, 0.05) is 28.7 Å². The van der Waals surface area contributed by atoms with Gasteiger partial charge < -0.3 is 16.3 Å². The number of pyridine rings is 1. The Balaban J connectivity index is 2.20. The smallest absolute Gasteiger partial charge is 0.255 e. The Morgan fingerprint density at radius 1 is 1.30 bits per heavy atom. The summed E-state index contributed by atoms with van der Waals surface area (Å²) in [5, 5.41) is 14.3. The molecule has 102 valence electrons. The number of amidine groups is 1. The Hall–Kier alpha value is -2.89. The van der Waals surface area contributed by atoms with Gasteiger partial charge in [-0.25, -0.2) is 0 Å². The molecule has 0 aliphatic rings. The van der Waals surface area contributed by atoms with E-state index in [4.69, 9.17) is 10.9 Å². The summed E-state index contributed by atoms with van der Waals surface area (Å²) in [6.45, 7) is 1.82. The van der Waals surface area contributed by atoms with Gasteiger partial charge in [0.1, 0.15) is 0 Å². The molecule has 0 aliphatic heterocycles. The SMILES string of the molecule is Cc1cc(C(=O)Nc2cccc(/C(N)=N/O)c2)ccn1. The highest BCUT2D eigenvalue weighted by molar-refractivity contribution is 6.05. The molecule has 1 aromatic carbocycles. The van der Waals surface area contributed by atoms with Crippen LogP contribution in [-0.2, 0) is 0 Å². The number of carbonyl (C=O) groups excluding carboxylic acids is 1. The molecule has 0 aliphatic carbocycles. The van der Waals surface area contributed by atoms with Crippen molar-refractivity contribution in [1.82, 2.24) is 4.98 Å². The molecule has 4 N–H and O–H groups in total. The van der Waals surface area contributed by atoms with E-state index in [1.165, 1.54) is 0 Å². The van der Waals surface area contributed by atoms with Gasteiger partial charge in [0.05, 0.1) is 0 Å². The molecule has 0 atom stereocenters. The Kier molecular flexibility index (Phi) is 3.95. The molecule has 1 amide bonds. The second kappa shape index (κ2) is 5.83. The van der Waals surface area contributed by atoms with Crippen molar-refractivity contribution >= 4 is 17.4 Å². The fourth-order valence-electron chi connectivity index (χ4n) is 1.70. The molecule has 1 aromatic heterocycles. The van der Waals surface area contributed by atoms with Gasteiger partial charge in [-0.2, -0.15) is 0 Å². The number of rotatable bonds is 3. The van der Waals surface area contributed by atoms with Crippen LogP contribution in [0.2, 0.25) is 0 Å². The third kappa shape index (κ3) is 3.11. The highest BCUT2D eigenvalue weighted by atomic mass is 16.4. The maximum absolute atomic E-state index is 12.1. The largest absolute Gasteiger partial charge is 0.409 e. The van der Waals surface area contributed by atoms with Crippen LogP contribution in [-0.4, -0.2) is 21.9 Å². The molecule has 0 fully saturated rings. The third-order valence-corrected chi connectivity index (χ3v) is 2.68. The van der Waals surface area contributed by atoms with Gasteiger partial charge in [-0.15, -0.1) is 0 Å². The number of anilines is 1. The molecule has 2 aromatic rings. The van der Waals surface area contributed by atoms with Crippen molar-refractivity contribution in [3.63, 3.8) is 0 Å². The van der Waals surface area contributed by atoms with Crippen LogP contribution in [0.15, 0.2) is 47.8 Å². The van der Waals surface area contributed by atoms with Crippen molar-refractivity contribution in [2.24, 2.45) is 10.9 Å². The fourth-order valence-corrected chi connectivity index (χ4v) is 1.70. The summed E-state index contributed by atoms with van der Waals surface area (Å²) in [6.07, 6.45) is 1.58. The quantitative estimate of drug-likeness (QED) is 0.342. The first-order chi connectivity index (χ1) is 9.60. The summed E-state index contributed by atoms with van der Waals surface area (Å²) >= 11 is 0. The zero-order valence-corrected chi connectivity index (χ0v) is 10.9. The van der Waals surface area contributed by atoms with Crippen molar-refractivity contribution in [3.8, 4) is 0 Å². The number of oxime groups is 1. The van der Waals surface area contributed by atoms with E-state index in [-0.39, 0.29) is 11.7 Å². The Morgan fingerprint density at radius 3 is 2.80 bits per heavy atom. The van der Waals surface area contributed by atoms with Crippen LogP contribution in [0.5, 0.6) is 0 Å². The van der Waals surface area contributed by atoms with E-state index in [9.17, 15) is 4.79 Å².